The second-order valence-electron chi connectivity index (χ2n) is 5.64. The van der Waals surface area contributed by atoms with Gasteiger partial charge in [0.2, 0.25) is 0 Å². The molecule has 2 amide bonds. The van der Waals surface area contributed by atoms with Crippen molar-refractivity contribution in [3.63, 3.8) is 0 Å². The molecular weight excluding hydrogens is 475 g/mol. The molecule has 1 aromatic heterocycles. The van der Waals surface area contributed by atoms with E-state index in [-0.39, 0.29) is 11.3 Å². The van der Waals surface area contributed by atoms with Crippen LogP contribution in [0.3, 0.4) is 0 Å². The van der Waals surface area contributed by atoms with Gasteiger partial charge in [0.05, 0.1) is 11.8 Å². The molecule has 0 atom stereocenters. The van der Waals surface area contributed by atoms with E-state index in [1.807, 2.05) is 12.1 Å². The number of halogens is 1. The number of hydrogen-bond acceptors (Lipinski definition) is 5. The predicted molar refractivity (Wildman–Crippen MR) is 111 cm³/mol. The minimum Gasteiger partial charge on any atom is -0.459 e. The maximum atomic E-state index is 12.1. The van der Waals surface area contributed by atoms with Gasteiger partial charge in [-0.2, -0.15) is 0 Å². The average Bonchev–Trinajstić information content (AvgIpc) is 3.22. The quantitative estimate of drug-likeness (QED) is 0.403. The third-order valence-corrected chi connectivity index (χ3v) is 4.24. The first kappa shape index (κ1) is 19.6. The Hall–Kier alpha value is -3.14. The van der Waals surface area contributed by atoms with Crippen molar-refractivity contribution in [2.24, 2.45) is 0 Å². The number of benzene rings is 2. The number of furan rings is 1. The zero-order chi connectivity index (χ0) is 19.9. The minimum absolute atomic E-state index is 0.183. The van der Waals surface area contributed by atoms with Crippen LogP contribution in [-0.4, -0.2) is 24.4 Å². The van der Waals surface area contributed by atoms with E-state index in [1.54, 1.807) is 36.4 Å². The third kappa shape index (κ3) is 5.43. The molecule has 1 heterocycles. The summed E-state index contributed by atoms with van der Waals surface area (Å²) < 4.78 is 11.0. The van der Waals surface area contributed by atoms with Crippen molar-refractivity contribution >= 4 is 51.7 Å². The molecule has 0 fully saturated rings. The number of carbonyl (C=O) groups excluding carboxylic acids is 3. The van der Waals surface area contributed by atoms with Gasteiger partial charge in [0.25, 0.3) is 11.8 Å². The van der Waals surface area contributed by atoms with E-state index in [1.165, 1.54) is 18.4 Å². The van der Waals surface area contributed by atoms with Crippen molar-refractivity contribution in [3.8, 4) is 0 Å². The molecule has 0 aliphatic heterocycles. The van der Waals surface area contributed by atoms with Gasteiger partial charge in [-0.1, -0.05) is 6.07 Å². The largest absolute Gasteiger partial charge is 0.459 e. The van der Waals surface area contributed by atoms with Gasteiger partial charge in [0.15, 0.2) is 12.4 Å². The summed E-state index contributed by atoms with van der Waals surface area (Å²) in [6.07, 6.45) is 1.41. The van der Waals surface area contributed by atoms with Gasteiger partial charge in [-0.15, -0.1) is 0 Å². The lowest BCUT2D eigenvalue weighted by Crippen LogP contribution is -2.21. The predicted octanol–water partition coefficient (Wildman–Crippen LogP) is 3.93. The minimum atomic E-state index is -0.637. The lowest BCUT2D eigenvalue weighted by atomic mass is 10.2. The normalized spacial score (nSPS) is 10.2. The van der Waals surface area contributed by atoms with Gasteiger partial charge in [-0.05, 0) is 77.2 Å². The lowest BCUT2D eigenvalue weighted by Gasteiger charge is -2.08. The van der Waals surface area contributed by atoms with E-state index in [9.17, 15) is 14.4 Å². The number of esters is 1. The standard InChI is InChI=1S/C20H15IN2O5/c21-14-3-1-4-16(11-14)22-18(24)12-28-20(26)13-6-8-15(9-7-13)23-19(25)17-5-2-10-27-17/h1-11H,12H2,(H,22,24)(H,23,25). The topological polar surface area (TPSA) is 97.6 Å². The van der Waals surface area contributed by atoms with E-state index in [2.05, 4.69) is 33.2 Å². The van der Waals surface area contributed by atoms with Crippen LogP contribution < -0.4 is 10.6 Å². The number of ether oxygens (including phenoxy) is 1. The summed E-state index contributed by atoms with van der Waals surface area (Å²) in [5, 5.41) is 5.30. The van der Waals surface area contributed by atoms with E-state index in [0.29, 0.717) is 11.4 Å². The Morgan fingerprint density at radius 1 is 0.929 bits per heavy atom. The number of anilines is 2. The molecule has 7 nitrogen and oxygen atoms in total. The zero-order valence-electron chi connectivity index (χ0n) is 14.5. The van der Waals surface area contributed by atoms with Gasteiger partial charge >= 0.3 is 5.97 Å². The van der Waals surface area contributed by atoms with Gasteiger partial charge in [0.1, 0.15) is 0 Å². The third-order valence-electron chi connectivity index (χ3n) is 3.57. The van der Waals surface area contributed by atoms with Crippen molar-refractivity contribution in [2.75, 3.05) is 17.2 Å². The maximum Gasteiger partial charge on any atom is 0.338 e. The average molecular weight is 490 g/mol. The summed E-state index contributed by atoms with van der Waals surface area (Å²) in [6, 6.07) is 16.5. The van der Waals surface area contributed by atoms with Crippen LogP contribution >= 0.6 is 22.6 Å². The molecule has 2 aromatic carbocycles. The Bertz CT molecular complexity index is 984. The fourth-order valence-electron chi connectivity index (χ4n) is 2.27. The highest BCUT2D eigenvalue weighted by Crippen LogP contribution is 2.14. The van der Waals surface area contributed by atoms with Crippen LogP contribution in [0.15, 0.2) is 71.3 Å². The second kappa shape index (κ2) is 9.18. The summed E-state index contributed by atoms with van der Waals surface area (Å²) in [4.78, 5) is 35.9. The molecule has 0 radical (unpaired) electrons. The molecule has 3 aromatic rings. The van der Waals surface area contributed by atoms with E-state index in [4.69, 9.17) is 9.15 Å². The van der Waals surface area contributed by atoms with Gasteiger partial charge < -0.3 is 19.8 Å². The summed E-state index contributed by atoms with van der Waals surface area (Å²) in [6.45, 7) is -0.402. The van der Waals surface area contributed by atoms with E-state index >= 15 is 0 Å². The molecule has 8 heteroatoms. The Balaban J connectivity index is 1.50. The van der Waals surface area contributed by atoms with Gasteiger partial charge in [-0.25, -0.2) is 4.79 Å². The van der Waals surface area contributed by atoms with Crippen LogP contribution in [0, 0.1) is 3.57 Å². The maximum absolute atomic E-state index is 12.1. The Kier molecular flexibility index (Phi) is 6.43. The molecule has 0 aliphatic rings. The number of amides is 2. The highest BCUT2D eigenvalue weighted by molar-refractivity contribution is 14.1. The summed E-state index contributed by atoms with van der Waals surface area (Å²) in [5.74, 6) is -1.28. The van der Waals surface area contributed by atoms with E-state index in [0.717, 1.165) is 3.57 Å². The van der Waals surface area contributed by atoms with Crippen molar-refractivity contribution in [1.82, 2.24) is 0 Å². The zero-order valence-corrected chi connectivity index (χ0v) is 16.6. The Labute approximate surface area is 174 Å². The lowest BCUT2D eigenvalue weighted by molar-refractivity contribution is -0.119. The van der Waals surface area contributed by atoms with Gasteiger partial charge in [-0.3, -0.25) is 9.59 Å². The highest BCUT2D eigenvalue weighted by atomic mass is 127. The Morgan fingerprint density at radius 3 is 2.39 bits per heavy atom. The molecule has 3 rings (SSSR count). The summed E-state index contributed by atoms with van der Waals surface area (Å²) in [5.41, 5.74) is 1.39. The molecule has 0 aliphatic carbocycles. The van der Waals surface area contributed by atoms with Crippen LogP contribution in [-0.2, 0) is 9.53 Å². The fraction of sp³-hybridized carbons (Fsp3) is 0.0500. The molecule has 28 heavy (non-hydrogen) atoms. The van der Waals surface area contributed by atoms with Crippen molar-refractivity contribution in [2.45, 2.75) is 0 Å². The molecule has 2 N–H and O–H groups in total. The number of nitrogens with one attached hydrogen (secondary N) is 2. The number of carbonyl (C=O) groups is 3. The Morgan fingerprint density at radius 2 is 1.71 bits per heavy atom. The van der Waals surface area contributed by atoms with Crippen LogP contribution in [0.4, 0.5) is 11.4 Å². The van der Waals surface area contributed by atoms with Gasteiger partial charge in [0, 0.05) is 14.9 Å². The molecule has 0 saturated carbocycles. The highest BCUT2D eigenvalue weighted by Gasteiger charge is 2.12. The number of hydrogen-bond donors (Lipinski definition) is 2. The summed E-state index contributed by atoms with van der Waals surface area (Å²) in [7, 11) is 0. The first-order valence-corrected chi connectivity index (χ1v) is 9.26. The smallest absolute Gasteiger partial charge is 0.338 e. The van der Waals surface area contributed by atoms with E-state index < -0.39 is 24.4 Å². The molecule has 0 saturated heterocycles. The SMILES string of the molecule is O=C(COC(=O)c1ccc(NC(=O)c2ccco2)cc1)Nc1cccc(I)c1. The van der Waals surface area contributed by atoms with Crippen LogP contribution in [0.2, 0.25) is 0 Å². The van der Waals surface area contributed by atoms with Crippen LogP contribution in [0.25, 0.3) is 0 Å². The van der Waals surface area contributed by atoms with Crippen molar-refractivity contribution in [3.05, 3.63) is 81.8 Å². The van der Waals surface area contributed by atoms with Crippen LogP contribution in [0.1, 0.15) is 20.9 Å². The molecular formula is C20H15IN2O5. The molecule has 142 valence electrons. The van der Waals surface area contributed by atoms with Crippen molar-refractivity contribution < 1.29 is 23.5 Å². The first-order valence-electron chi connectivity index (χ1n) is 8.19. The molecule has 0 unspecified atom stereocenters. The first-order chi connectivity index (χ1) is 13.5. The monoisotopic (exact) mass is 490 g/mol. The molecule has 0 spiro atoms. The second-order valence-corrected chi connectivity index (χ2v) is 6.89. The fourth-order valence-corrected chi connectivity index (χ4v) is 2.81. The van der Waals surface area contributed by atoms with Crippen molar-refractivity contribution in [1.29, 1.82) is 0 Å². The summed E-state index contributed by atoms with van der Waals surface area (Å²) >= 11 is 2.14. The number of rotatable bonds is 6. The van der Waals surface area contributed by atoms with Crippen LogP contribution in [0.5, 0.6) is 0 Å². The molecule has 0 bridgehead atoms.